The molecule has 36 heavy (non-hydrogen) atoms. The number of alkyl halides is 3. The molecule has 1 saturated heterocycles. The van der Waals surface area contributed by atoms with Crippen LogP contribution in [0.5, 0.6) is 0 Å². The first-order chi connectivity index (χ1) is 17.0. The van der Waals surface area contributed by atoms with Crippen molar-refractivity contribution < 1.29 is 23.0 Å². The van der Waals surface area contributed by atoms with E-state index in [0.717, 1.165) is 42.4 Å². The van der Waals surface area contributed by atoms with E-state index in [1.165, 1.54) is 4.57 Å². The molecular formula is C28H36F3N3O2. The van der Waals surface area contributed by atoms with Crippen molar-refractivity contribution in [3.63, 3.8) is 0 Å². The summed E-state index contributed by atoms with van der Waals surface area (Å²) in [5.74, 6) is 0.318. The van der Waals surface area contributed by atoms with Crippen molar-refractivity contribution >= 4 is 10.9 Å². The number of rotatable bonds is 8. The molecule has 5 nitrogen and oxygen atoms in total. The molecule has 0 spiro atoms. The van der Waals surface area contributed by atoms with E-state index in [-0.39, 0.29) is 6.61 Å². The molecule has 1 aliphatic heterocycles. The Morgan fingerprint density at radius 3 is 2.67 bits per heavy atom. The highest BCUT2D eigenvalue weighted by atomic mass is 19.4. The van der Waals surface area contributed by atoms with Crippen LogP contribution in [0.4, 0.5) is 13.2 Å². The van der Waals surface area contributed by atoms with Gasteiger partial charge in [-0.2, -0.15) is 13.2 Å². The van der Waals surface area contributed by atoms with Gasteiger partial charge in [-0.1, -0.05) is 19.9 Å². The van der Waals surface area contributed by atoms with E-state index in [4.69, 9.17) is 4.74 Å². The SMILES string of the molecule is CO[C@@H](C)c1ncccc1-c1c(CC(C)(C)CO)c2cc(C3CCCNC3)ccc2n1CC(F)(F)F. The summed E-state index contributed by atoms with van der Waals surface area (Å²) in [5.41, 5.74) is 3.65. The third-order valence-electron chi connectivity index (χ3n) is 7.21. The van der Waals surface area contributed by atoms with Crippen molar-refractivity contribution in [3.05, 3.63) is 53.3 Å². The fourth-order valence-electron chi connectivity index (χ4n) is 5.25. The number of aromatic nitrogens is 2. The van der Waals surface area contributed by atoms with Crippen molar-refractivity contribution in [2.75, 3.05) is 26.8 Å². The quantitative estimate of drug-likeness (QED) is 0.396. The fraction of sp³-hybridized carbons (Fsp3) is 0.536. The predicted octanol–water partition coefficient (Wildman–Crippen LogP) is 6.00. The smallest absolute Gasteiger partial charge is 0.396 e. The van der Waals surface area contributed by atoms with Gasteiger partial charge in [-0.05, 0) is 79.5 Å². The molecule has 0 radical (unpaired) electrons. The lowest BCUT2D eigenvalue weighted by atomic mass is 9.83. The third-order valence-corrected chi connectivity index (χ3v) is 7.21. The normalized spacial score (nSPS) is 18.1. The highest BCUT2D eigenvalue weighted by molar-refractivity contribution is 5.93. The van der Waals surface area contributed by atoms with Gasteiger partial charge in [0, 0.05) is 42.9 Å². The molecule has 3 heterocycles. The van der Waals surface area contributed by atoms with Crippen LogP contribution in [-0.4, -0.2) is 47.6 Å². The Morgan fingerprint density at radius 1 is 1.25 bits per heavy atom. The number of halogens is 3. The number of pyridine rings is 1. The standard InChI is InChI=1S/C28H36F3N3O2/c1-18(36-4)25-21(8-6-12-33-25)26-23(14-27(2,3)17-35)22-13-19(20-7-5-11-32-15-20)9-10-24(22)34(26)16-28(29,30)31/h6,8-10,12-13,18,20,32,35H,5,7,11,14-17H2,1-4H3/t18-,20?/m0/s1. The first-order valence-corrected chi connectivity index (χ1v) is 12.6. The maximum Gasteiger partial charge on any atom is 0.406 e. The van der Waals surface area contributed by atoms with Gasteiger partial charge in [0.2, 0.25) is 0 Å². The predicted molar refractivity (Wildman–Crippen MR) is 136 cm³/mol. The lowest BCUT2D eigenvalue weighted by Gasteiger charge is -2.24. The number of aliphatic hydroxyl groups is 1. The van der Waals surface area contributed by atoms with E-state index < -0.39 is 24.2 Å². The van der Waals surface area contributed by atoms with Crippen LogP contribution in [0.3, 0.4) is 0 Å². The molecule has 1 fully saturated rings. The van der Waals surface area contributed by atoms with Crippen LogP contribution >= 0.6 is 0 Å². The van der Waals surface area contributed by atoms with E-state index in [1.807, 2.05) is 39.0 Å². The summed E-state index contributed by atoms with van der Waals surface area (Å²) in [5, 5.41) is 14.3. The molecule has 1 aromatic carbocycles. The van der Waals surface area contributed by atoms with E-state index in [9.17, 15) is 18.3 Å². The van der Waals surface area contributed by atoms with Gasteiger partial charge < -0.3 is 19.7 Å². The number of nitrogens with zero attached hydrogens (tertiary/aromatic N) is 2. The van der Waals surface area contributed by atoms with Gasteiger partial charge in [-0.25, -0.2) is 0 Å². The van der Waals surface area contributed by atoms with Crippen LogP contribution in [0.2, 0.25) is 0 Å². The second kappa shape index (κ2) is 10.5. The van der Waals surface area contributed by atoms with Crippen LogP contribution in [0.25, 0.3) is 22.2 Å². The topological polar surface area (TPSA) is 59.3 Å². The Labute approximate surface area is 210 Å². The number of ether oxygens (including phenoxy) is 1. The number of methoxy groups -OCH3 is 1. The largest absolute Gasteiger partial charge is 0.406 e. The van der Waals surface area contributed by atoms with Crippen molar-refractivity contribution in [2.45, 2.75) is 64.8 Å². The molecule has 196 valence electrons. The molecule has 0 saturated carbocycles. The van der Waals surface area contributed by atoms with Crippen LogP contribution < -0.4 is 5.32 Å². The number of fused-ring (bicyclic) bond motifs is 1. The lowest BCUT2D eigenvalue weighted by Crippen LogP contribution is -2.28. The number of benzene rings is 1. The lowest BCUT2D eigenvalue weighted by molar-refractivity contribution is -0.139. The molecule has 0 aliphatic carbocycles. The minimum Gasteiger partial charge on any atom is -0.396 e. The second-order valence-corrected chi connectivity index (χ2v) is 10.7. The number of hydrogen-bond donors (Lipinski definition) is 2. The molecule has 2 atom stereocenters. The number of piperidine rings is 1. The average molecular weight is 504 g/mol. The molecular weight excluding hydrogens is 467 g/mol. The molecule has 0 bridgehead atoms. The van der Waals surface area contributed by atoms with Gasteiger partial charge in [0.25, 0.3) is 0 Å². The van der Waals surface area contributed by atoms with Crippen LogP contribution in [0, 0.1) is 5.41 Å². The summed E-state index contributed by atoms with van der Waals surface area (Å²) in [6, 6.07) is 9.44. The molecule has 8 heteroatoms. The first kappa shape index (κ1) is 26.6. The molecule has 4 rings (SSSR count). The Kier molecular flexibility index (Phi) is 7.78. The zero-order valence-corrected chi connectivity index (χ0v) is 21.5. The maximum absolute atomic E-state index is 14.0. The Balaban J connectivity index is 2.04. The summed E-state index contributed by atoms with van der Waals surface area (Å²) in [6.07, 6.45) is -0.642. The van der Waals surface area contributed by atoms with Gasteiger partial charge in [0.05, 0.1) is 17.5 Å². The maximum atomic E-state index is 14.0. The molecule has 1 unspecified atom stereocenters. The number of hydrogen-bond acceptors (Lipinski definition) is 4. The Bertz CT molecular complexity index is 1200. The second-order valence-electron chi connectivity index (χ2n) is 10.7. The molecule has 2 aromatic heterocycles. The monoisotopic (exact) mass is 503 g/mol. The van der Waals surface area contributed by atoms with E-state index >= 15 is 0 Å². The third kappa shape index (κ3) is 5.61. The minimum absolute atomic E-state index is 0.0843. The van der Waals surface area contributed by atoms with Crippen molar-refractivity contribution in [3.8, 4) is 11.3 Å². The highest BCUT2D eigenvalue weighted by Crippen LogP contribution is 2.42. The van der Waals surface area contributed by atoms with Crippen molar-refractivity contribution in [2.24, 2.45) is 5.41 Å². The zero-order chi connectivity index (χ0) is 26.1. The highest BCUT2D eigenvalue weighted by Gasteiger charge is 2.34. The van der Waals surface area contributed by atoms with E-state index in [0.29, 0.717) is 34.8 Å². The van der Waals surface area contributed by atoms with Crippen LogP contribution in [0.1, 0.15) is 62.5 Å². The number of aliphatic hydroxyl groups excluding tert-OH is 1. The molecule has 2 N–H and O–H groups in total. The summed E-state index contributed by atoms with van der Waals surface area (Å²) >= 11 is 0. The van der Waals surface area contributed by atoms with Gasteiger partial charge in [0.15, 0.2) is 0 Å². The van der Waals surface area contributed by atoms with Gasteiger partial charge in [0.1, 0.15) is 6.54 Å². The van der Waals surface area contributed by atoms with Gasteiger partial charge in [-0.3, -0.25) is 4.98 Å². The van der Waals surface area contributed by atoms with Crippen molar-refractivity contribution in [1.82, 2.24) is 14.9 Å². The average Bonchev–Trinajstić information content (AvgIpc) is 3.14. The number of nitrogens with one attached hydrogen (secondary N) is 1. The summed E-state index contributed by atoms with van der Waals surface area (Å²) in [6.45, 7) is 6.35. The first-order valence-electron chi connectivity index (χ1n) is 12.6. The molecule has 0 amide bonds. The fourth-order valence-corrected chi connectivity index (χ4v) is 5.25. The molecule has 3 aromatic rings. The van der Waals surface area contributed by atoms with Gasteiger partial charge in [-0.15, -0.1) is 0 Å². The summed E-state index contributed by atoms with van der Waals surface area (Å²) in [7, 11) is 1.56. The van der Waals surface area contributed by atoms with Crippen LogP contribution in [-0.2, 0) is 17.7 Å². The van der Waals surface area contributed by atoms with Crippen LogP contribution in [0.15, 0.2) is 36.5 Å². The zero-order valence-electron chi connectivity index (χ0n) is 21.5. The van der Waals surface area contributed by atoms with E-state index in [1.54, 1.807) is 19.4 Å². The summed E-state index contributed by atoms with van der Waals surface area (Å²) < 4.78 is 48.8. The van der Waals surface area contributed by atoms with E-state index in [2.05, 4.69) is 16.4 Å². The summed E-state index contributed by atoms with van der Waals surface area (Å²) in [4.78, 5) is 4.51. The molecule has 1 aliphatic rings. The van der Waals surface area contributed by atoms with Crippen molar-refractivity contribution in [1.29, 1.82) is 0 Å². The minimum atomic E-state index is -4.41. The van der Waals surface area contributed by atoms with Gasteiger partial charge >= 0.3 is 6.18 Å². The Hall–Kier alpha value is -2.42. The Morgan fingerprint density at radius 2 is 2.03 bits per heavy atom.